The summed E-state index contributed by atoms with van der Waals surface area (Å²) in [6, 6.07) is 11.5. The van der Waals surface area contributed by atoms with E-state index in [0.717, 1.165) is 11.1 Å². The first-order valence-corrected chi connectivity index (χ1v) is 10.2. The number of aromatic carboxylic acids is 1. The summed E-state index contributed by atoms with van der Waals surface area (Å²) in [5, 5.41) is 20.1. The van der Waals surface area contributed by atoms with Crippen LogP contribution in [0, 0.1) is 0 Å². The molecule has 0 saturated carbocycles. The second kappa shape index (κ2) is 9.46. The van der Waals surface area contributed by atoms with E-state index in [2.05, 4.69) is 20.5 Å². The van der Waals surface area contributed by atoms with Crippen molar-refractivity contribution in [3.63, 3.8) is 0 Å². The van der Waals surface area contributed by atoms with E-state index >= 15 is 0 Å². The first-order chi connectivity index (χ1) is 16.3. The fourth-order valence-electron chi connectivity index (χ4n) is 3.37. The van der Waals surface area contributed by atoms with Gasteiger partial charge in [0.15, 0.2) is 5.69 Å². The van der Waals surface area contributed by atoms with E-state index in [9.17, 15) is 19.5 Å². The highest BCUT2D eigenvalue weighted by molar-refractivity contribution is 6.07. The van der Waals surface area contributed by atoms with Crippen LogP contribution < -0.4 is 16.6 Å². The quantitative estimate of drug-likeness (QED) is 0.375. The van der Waals surface area contributed by atoms with E-state index in [1.165, 1.54) is 21.6 Å². The molecule has 3 aromatic heterocycles. The van der Waals surface area contributed by atoms with E-state index in [0.29, 0.717) is 23.4 Å². The molecule has 0 radical (unpaired) electrons. The molecule has 0 aliphatic heterocycles. The molecule has 11 heteroatoms. The number of carboxylic acids is 1. The summed E-state index contributed by atoms with van der Waals surface area (Å²) >= 11 is 0. The Kier molecular flexibility index (Phi) is 6.28. The Labute approximate surface area is 193 Å². The molecule has 4 aromatic rings. The zero-order valence-corrected chi connectivity index (χ0v) is 18.2. The molecule has 11 nitrogen and oxygen atoms in total. The summed E-state index contributed by atoms with van der Waals surface area (Å²) < 4.78 is 2.60. The van der Waals surface area contributed by atoms with Crippen LogP contribution in [0.4, 0.5) is 5.69 Å². The highest BCUT2D eigenvalue weighted by atomic mass is 16.4. The van der Waals surface area contributed by atoms with Crippen molar-refractivity contribution in [3.05, 3.63) is 93.8 Å². The number of aromatic nitrogens is 5. The Morgan fingerprint density at radius 1 is 1.09 bits per heavy atom. The number of pyridine rings is 1. The van der Waals surface area contributed by atoms with Crippen molar-refractivity contribution in [1.29, 1.82) is 0 Å². The number of rotatable bonds is 7. The zero-order valence-electron chi connectivity index (χ0n) is 18.2. The van der Waals surface area contributed by atoms with E-state index in [-0.39, 0.29) is 23.5 Å². The van der Waals surface area contributed by atoms with Gasteiger partial charge in [-0.3, -0.25) is 19.3 Å². The number of hydrogen-bond acceptors (Lipinski definition) is 7. The lowest BCUT2D eigenvalue weighted by Crippen LogP contribution is -2.23. The first-order valence-electron chi connectivity index (χ1n) is 10.2. The van der Waals surface area contributed by atoms with Gasteiger partial charge in [0.1, 0.15) is 0 Å². The first kappa shape index (κ1) is 22.6. The van der Waals surface area contributed by atoms with Crippen LogP contribution in [0.25, 0.3) is 11.3 Å². The summed E-state index contributed by atoms with van der Waals surface area (Å²) in [5.41, 5.74) is 8.31. The van der Waals surface area contributed by atoms with Gasteiger partial charge in [0.05, 0.1) is 17.9 Å². The largest absolute Gasteiger partial charge is 0.476 e. The smallest absolute Gasteiger partial charge is 0.358 e. The summed E-state index contributed by atoms with van der Waals surface area (Å²) in [4.78, 5) is 40.6. The molecule has 1 aromatic carbocycles. The van der Waals surface area contributed by atoms with Crippen LogP contribution >= 0.6 is 0 Å². The van der Waals surface area contributed by atoms with E-state index in [1.807, 2.05) is 6.07 Å². The van der Waals surface area contributed by atoms with Crippen LogP contribution in [0.3, 0.4) is 0 Å². The number of nitrogens with two attached hydrogens (primary N) is 1. The zero-order chi connectivity index (χ0) is 24.2. The Morgan fingerprint density at radius 3 is 2.68 bits per heavy atom. The molecule has 1 amide bonds. The number of carbonyl (C=O) groups excluding carboxylic acids is 1. The van der Waals surface area contributed by atoms with Crippen molar-refractivity contribution < 1.29 is 14.7 Å². The van der Waals surface area contributed by atoms with Gasteiger partial charge in [-0.2, -0.15) is 10.2 Å². The molecule has 172 valence electrons. The van der Waals surface area contributed by atoms with Gasteiger partial charge in [0, 0.05) is 49.4 Å². The number of amides is 1. The molecule has 0 fully saturated rings. The summed E-state index contributed by atoms with van der Waals surface area (Å²) in [5.74, 6) is -1.75. The highest BCUT2D eigenvalue weighted by Gasteiger charge is 2.18. The van der Waals surface area contributed by atoms with Crippen LogP contribution in [0.5, 0.6) is 0 Å². The van der Waals surface area contributed by atoms with Gasteiger partial charge in [-0.1, -0.05) is 12.1 Å². The predicted molar refractivity (Wildman–Crippen MR) is 123 cm³/mol. The fourth-order valence-corrected chi connectivity index (χ4v) is 3.37. The molecule has 0 spiro atoms. The van der Waals surface area contributed by atoms with Gasteiger partial charge in [-0.15, -0.1) is 0 Å². The van der Waals surface area contributed by atoms with E-state index in [4.69, 9.17) is 5.73 Å². The Hall–Kier alpha value is -4.64. The van der Waals surface area contributed by atoms with Crippen LogP contribution in [0.2, 0.25) is 0 Å². The van der Waals surface area contributed by atoms with Gasteiger partial charge in [-0.25, -0.2) is 9.48 Å². The van der Waals surface area contributed by atoms with E-state index < -0.39 is 11.9 Å². The normalized spacial score (nSPS) is 10.8. The third-order valence-electron chi connectivity index (χ3n) is 4.99. The minimum Gasteiger partial charge on any atom is -0.476 e. The number of aryl methyl sites for hydroxylation is 1. The molecule has 0 atom stereocenters. The molecular formula is C23H21N7O4. The third-order valence-corrected chi connectivity index (χ3v) is 4.99. The topological polar surface area (TPSA) is 158 Å². The lowest BCUT2D eigenvalue weighted by atomic mass is 10.1. The lowest BCUT2D eigenvalue weighted by Gasteiger charge is -2.09. The van der Waals surface area contributed by atoms with Crippen LogP contribution in [-0.2, 0) is 20.1 Å². The molecule has 4 N–H and O–H groups in total. The molecule has 3 heterocycles. The standard InChI is InChI=1S/C23H21N7O4/c1-29-13-19(21(28-29)23(33)34)26-22(32)16-4-2-3-14(7-16)12-30-20(31)6-5-18(27-30)17-8-15(9-24)10-25-11-17/h2-8,10-11,13H,9,12,24H2,1H3,(H,26,32)(H,33,34). The van der Waals surface area contributed by atoms with Gasteiger partial charge in [0.2, 0.25) is 0 Å². The van der Waals surface area contributed by atoms with Gasteiger partial charge in [0.25, 0.3) is 11.5 Å². The van der Waals surface area contributed by atoms with Gasteiger partial charge >= 0.3 is 5.97 Å². The molecular weight excluding hydrogens is 438 g/mol. The van der Waals surface area contributed by atoms with Crippen molar-refractivity contribution in [2.24, 2.45) is 12.8 Å². The second-order valence-electron chi connectivity index (χ2n) is 7.53. The molecule has 4 rings (SSSR count). The van der Waals surface area contributed by atoms with Gasteiger partial charge < -0.3 is 16.2 Å². The Morgan fingerprint density at radius 2 is 1.91 bits per heavy atom. The average Bonchev–Trinajstić information content (AvgIpc) is 3.21. The summed E-state index contributed by atoms with van der Waals surface area (Å²) in [7, 11) is 1.56. The number of carbonyl (C=O) groups is 2. The maximum absolute atomic E-state index is 12.7. The summed E-state index contributed by atoms with van der Waals surface area (Å²) in [6.07, 6.45) is 4.72. The van der Waals surface area contributed by atoms with Crippen LogP contribution in [-0.4, -0.2) is 41.5 Å². The van der Waals surface area contributed by atoms with E-state index in [1.54, 1.807) is 49.8 Å². The van der Waals surface area contributed by atoms with Crippen molar-refractivity contribution >= 4 is 17.6 Å². The highest BCUT2D eigenvalue weighted by Crippen LogP contribution is 2.17. The monoisotopic (exact) mass is 459 g/mol. The molecule has 34 heavy (non-hydrogen) atoms. The molecule has 0 bridgehead atoms. The number of nitrogens with one attached hydrogen (secondary N) is 1. The van der Waals surface area contributed by atoms with Crippen molar-refractivity contribution in [2.75, 3.05) is 5.32 Å². The van der Waals surface area contributed by atoms with Crippen molar-refractivity contribution in [1.82, 2.24) is 24.5 Å². The third kappa shape index (κ3) is 4.89. The number of anilines is 1. The SMILES string of the molecule is Cn1cc(NC(=O)c2cccc(Cn3nc(-c4cncc(CN)c4)ccc3=O)c2)c(C(=O)O)n1. The minimum atomic E-state index is -1.25. The number of nitrogens with zero attached hydrogens (tertiary/aromatic N) is 5. The fraction of sp³-hybridized carbons (Fsp3) is 0.130. The van der Waals surface area contributed by atoms with Crippen molar-refractivity contribution in [3.8, 4) is 11.3 Å². The number of carboxylic acid groups (broad SMARTS) is 1. The average molecular weight is 459 g/mol. The maximum Gasteiger partial charge on any atom is 0.358 e. The predicted octanol–water partition coefficient (Wildman–Crippen LogP) is 1.50. The maximum atomic E-state index is 12.7. The number of benzene rings is 1. The lowest BCUT2D eigenvalue weighted by molar-refractivity contribution is 0.0690. The molecule has 0 aliphatic rings. The number of hydrogen-bond donors (Lipinski definition) is 3. The van der Waals surface area contributed by atoms with Gasteiger partial charge in [-0.05, 0) is 35.4 Å². The molecule has 0 aliphatic carbocycles. The molecule has 0 unspecified atom stereocenters. The second-order valence-corrected chi connectivity index (χ2v) is 7.53. The Bertz CT molecular complexity index is 1440. The van der Waals surface area contributed by atoms with Crippen LogP contribution in [0.1, 0.15) is 32.0 Å². The Balaban J connectivity index is 1.57. The van der Waals surface area contributed by atoms with Crippen LogP contribution in [0.15, 0.2) is 65.8 Å². The summed E-state index contributed by atoms with van der Waals surface area (Å²) in [6.45, 7) is 0.466. The van der Waals surface area contributed by atoms with Crippen molar-refractivity contribution in [2.45, 2.75) is 13.1 Å². The molecule has 0 saturated heterocycles. The minimum absolute atomic E-state index is 0.0873.